The first kappa shape index (κ1) is 12.2. The molecule has 1 heterocycles. The van der Waals surface area contributed by atoms with Crippen molar-refractivity contribution in [1.82, 2.24) is 4.98 Å². The third-order valence-corrected chi connectivity index (χ3v) is 2.79. The van der Waals surface area contributed by atoms with E-state index in [0.717, 1.165) is 11.3 Å². The average molecular weight is 268 g/mol. The smallest absolute Gasteiger partial charge is 0.149 e. The number of nitrogens with zero attached hydrogens (tertiary/aromatic N) is 1. The predicted octanol–water partition coefficient (Wildman–Crippen LogP) is 3.59. The van der Waals surface area contributed by atoms with Crippen LogP contribution in [0.2, 0.25) is 10.0 Å². The minimum absolute atomic E-state index is 0.453. The van der Waals surface area contributed by atoms with Gasteiger partial charge in [-0.1, -0.05) is 41.4 Å². The van der Waals surface area contributed by atoms with Crippen LogP contribution in [-0.4, -0.2) is 4.98 Å². The van der Waals surface area contributed by atoms with Gasteiger partial charge in [-0.15, -0.1) is 0 Å². The molecule has 0 aliphatic rings. The van der Waals surface area contributed by atoms with Crippen LogP contribution in [0.1, 0.15) is 5.56 Å². The highest BCUT2D eigenvalue weighted by atomic mass is 35.5. The van der Waals surface area contributed by atoms with Crippen LogP contribution in [0.3, 0.4) is 0 Å². The Labute approximate surface area is 110 Å². The number of anilines is 2. The van der Waals surface area contributed by atoms with E-state index in [9.17, 15) is 0 Å². The molecule has 3 N–H and O–H groups in total. The van der Waals surface area contributed by atoms with Gasteiger partial charge in [0.05, 0.1) is 10.0 Å². The van der Waals surface area contributed by atoms with Crippen molar-refractivity contribution < 1.29 is 0 Å². The van der Waals surface area contributed by atoms with E-state index in [1.165, 1.54) is 0 Å². The molecule has 2 aromatic rings. The molecule has 88 valence electrons. The Hall–Kier alpha value is -1.29. The second-order valence-corrected chi connectivity index (χ2v) is 4.31. The number of nitrogens with two attached hydrogens (primary N) is 1. The van der Waals surface area contributed by atoms with Gasteiger partial charge in [0.2, 0.25) is 0 Å². The third kappa shape index (κ3) is 2.88. The molecule has 0 aliphatic heterocycles. The zero-order chi connectivity index (χ0) is 12.3. The van der Waals surface area contributed by atoms with Crippen molar-refractivity contribution in [2.75, 3.05) is 5.32 Å². The number of halogens is 2. The first-order valence-electron chi connectivity index (χ1n) is 5.06. The molecule has 0 saturated heterocycles. The Kier molecular flexibility index (Phi) is 3.84. The van der Waals surface area contributed by atoms with Gasteiger partial charge >= 0.3 is 0 Å². The summed E-state index contributed by atoms with van der Waals surface area (Å²) in [6.07, 6.45) is 1.54. The van der Waals surface area contributed by atoms with Gasteiger partial charge in [0.1, 0.15) is 5.82 Å². The Bertz CT molecular complexity index is 529. The lowest BCUT2D eigenvalue weighted by Crippen LogP contribution is -2.02. The SMILES string of the molecule is NCc1ccccc1Nc1ncc(Cl)cc1Cl. The number of rotatable bonds is 3. The van der Waals surface area contributed by atoms with E-state index in [0.29, 0.717) is 22.4 Å². The maximum absolute atomic E-state index is 6.03. The summed E-state index contributed by atoms with van der Waals surface area (Å²) in [5.41, 5.74) is 7.55. The van der Waals surface area contributed by atoms with Crippen LogP contribution in [0.4, 0.5) is 11.5 Å². The molecule has 0 spiro atoms. The van der Waals surface area contributed by atoms with Crippen LogP contribution in [-0.2, 0) is 6.54 Å². The van der Waals surface area contributed by atoms with E-state index in [-0.39, 0.29) is 0 Å². The third-order valence-electron chi connectivity index (χ3n) is 2.30. The molecule has 0 unspecified atom stereocenters. The Morgan fingerprint density at radius 3 is 2.71 bits per heavy atom. The zero-order valence-corrected chi connectivity index (χ0v) is 10.5. The molecule has 0 amide bonds. The summed E-state index contributed by atoms with van der Waals surface area (Å²) in [7, 11) is 0. The van der Waals surface area contributed by atoms with Gasteiger partial charge in [0, 0.05) is 18.4 Å². The Morgan fingerprint density at radius 1 is 1.24 bits per heavy atom. The van der Waals surface area contributed by atoms with Crippen molar-refractivity contribution in [3.63, 3.8) is 0 Å². The molecule has 0 atom stereocenters. The molecule has 0 radical (unpaired) electrons. The van der Waals surface area contributed by atoms with Gasteiger partial charge in [-0.25, -0.2) is 4.98 Å². The van der Waals surface area contributed by atoms with Crippen LogP contribution in [0.25, 0.3) is 0 Å². The van der Waals surface area contributed by atoms with Gasteiger partial charge in [0.15, 0.2) is 0 Å². The minimum Gasteiger partial charge on any atom is -0.339 e. The van der Waals surface area contributed by atoms with Crippen molar-refractivity contribution in [2.45, 2.75) is 6.54 Å². The van der Waals surface area contributed by atoms with Crippen LogP contribution in [0, 0.1) is 0 Å². The largest absolute Gasteiger partial charge is 0.339 e. The van der Waals surface area contributed by atoms with Gasteiger partial charge in [-0.2, -0.15) is 0 Å². The van der Waals surface area contributed by atoms with Crippen LogP contribution in [0.15, 0.2) is 36.5 Å². The van der Waals surface area contributed by atoms with E-state index >= 15 is 0 Å². The molecule has 1 aromatic carbocycles. The molecule has 17 heavy (non-hydrogen) atoms. The summed E-state index contributed by atoms with van der Waals surface area (Å²) in [6.45, 7) is 0.453. The normalized spacial score (nSPS) is 10.3. The fraction of sp³-hybridized carbons (Fsp3) is 0.0833. The van der Waals surface area contributed by atoms with E-state index < -0.39 is 0 Å². The van der Waals surface area contributed by atoms with Crippen molar-refractivity contribution in [2.24, 2.45) is 5.73 Å². The lowest BCUT2D eigenvalue weighted by Gasteiger charge is -2.11. The first-order chi connectivity index (χ1) is 8.20. The summed E-state index contributed by atoms with van der Waals surface area (Å²) in [5.74, 6) is 0.567. The van der Waals surface area contributed by atoms with Crippen LogP contribution >= 0.6 is 23.2 Å². The summed E-state index contributed by atoms with van der Waals surface area (Å²) in [6, 6.07) is 9.38. The number of aromatic nitrogens is 1. The summed E-state index contributed by atoms with van der Waals surface area (Å²) in [5, 5.41) is 4.12. The lowest BCUT2D eigenvalue weighted by molar-refractivity contribution is 1.07. The highest BCUT2D eigenvalue weighted by Gasteiger charge is 2.05. The quantitative estimate of drug-likeness (QED) is 0.894. The van der Waals surface area contributed by atoms with Crippen molar-refractivity contribution >= 4 is 34.7 Å². The summed E-state index contributed by atoms with van der Waals surface area (Å²) < 4.78 is 0. The van der Waals surface area contributed by atoms with Crippen LogP contribution in [0.5, 0.6) is 0 Å². The summed E-state index contributed by atoms with van der Waals surface area (Å²) >= 11 is 11.8. The van der Waals surface area contributed by atoms with E-state index in [1.54, 1.807) is 12.3 Å². The Morgan fingerprint density at radius 2 is 2.00 bits per heavy atom. The van der Waals surface area contributed by atoms with Crippen molar-refractivity contribution in [3.8, 4) is 0 Å². The molecule has 5 heteroatoms. The van der Waals surface area contributed by atoms with Gasteiger partial charge in [-0.05, 0) is 17.7 Å². The molecular formula is C12H11Cl2N3. The standard InChI is InChI=1S/C12H11Cl2N3/c13-9-5-10(14)12(16-7-9)17-11-4-2-1-3-8(11)6-15/h1-5,7H,6,15H2,(H,16,17). The number of pyridine rings is 1. The molecule has 2 rings (SSSR count). The van der Waals surface area contributed by atoms with E-state index in [4.69, 9.17) is 28.9 Å². The molecular weight excluding hydrogens is 257 g/mol. The predicted molar refractivity (Wildman–Crippen MR) is 71.9 cm³/mol. The fourth-order valence-electron chi connectivity index (χ4n) is 1.45. The van der Waals surface area contributed by atoms with Gasteiger partial charge in [0.25, 0.3) is 0 Å². The molecule has 0 fully saturated rings. The van der Waals surface area contributed by atoms with E-state index in [1.807, 2.05) is 24.3 Å². The lowest BCUT2D eigenvalue weighted by atomic mass is 10.2. The molecule has 0 bridgehead atoms. The minimum atomic E-state index is 0.453. The van der Waals surface area contributed by atoms with Crippen molar-refractivity contribution in [3.05, 3.63) is 52.1 Å². The van der Waals surface area contributed by atoms with Gasteiger partial charge in [-0.3, -0.25) is 0 Å². The topological polar surface area (TPSA) is 50.9 Å². The monoisotopic (exact) mass is 267 g/mol. The molecule has 0 aliphatic carbocycles. The number of benzene rings is 1. The zero-order valence-electron chi connectivity index (χ0n) is 8.95. The number of hydrogen-bond acceptors (Lipinski definition) is 3. The summed E-state index contributed by atoms with van der Waals surface area (Å²) in [4.78, 5) is 4.13. The van der Waals surface area contributed by atoms with E-state index in [2.05, 4.69) is 10.3 Å². The van der Waals surface area contributed by atoms with Crippen molar-refractivity contribution in [1.29, 1.82) is 0 Å². The maximum atomic E-state index is 6.03. The second-order valence-electron chi connectivity index (χ2n) is 3.47. The molecule has 3 nitrogen and oxygen atoms in total. The highest BCUT2D eigenvalue weighted by Crippen LogP contribution is 2.27. The maximum Gasteiger partial charge on any atom is 0.149 e. The highest BCUT2D eigenvalue weighted by molar-refractivity contribution is 6.36. The second kappa shape index (κ2) is 5.36. The number of para-hydroxylation sites is 1. The average Bonchev–Trinajstić information content (AvgIpc) is 2.33. The molecule has 0 saturated carbocycles. The van der Waals surface area contributed by atoms with Crippen LogP contribution < -0.4 is 11.1 Å². The fourth-order valence-corrected chi connectivity index (χ4v) is 1.88. The molecule has 1 aromatic heterocycles. The van der Waals surface area contributed by atoms with Gasteiger partial charge < -0.3 is 11.1 Å². The number of hydrogen-bond donors (Lipinski definition) is 2. The number of nitrogens with one attached hydrogen (secondary N) is 1. The first-order valence-corrected chi connectivity index (χ1v) is 5.82. The Balaban J connectivity index is 2.31.